The van der Waals surface area contributed by atoms with Crippen LogP contribution in [0, 0.1) is 11.7 Å². The molecule has 11 heteroatoms. The standard InChI is InChI=1S/C23H20F4N4O3/c24-16-4-1-5-18(13-16)31-21(32)11-10-20(29-31)30-12-2-3-15(14-30)22(33)28-17-6-8-19(9-7-17)34-23(25,26)27/h1,4-11,13,15H,2-3,12,14H2,(H,28,33)/t15-/m1/s1. The van der Waals surface area contributed by atoms with E-state index >= 15 is 0 Å². The highest BCUT2D eigenvalue weighted by atomic mass is 19.4. The van der Waals surface area contributed by atoms with E-state index in [1.165, 1.54) is 36.4 Å². The Kier molecular flexibility index (Phi) is 6.53. The summed E-state index contributed by atoms with van der Waals surface area (Å²) in [5.74, 6) is -1.10. The molecule has 0 unspecified atom stereocenters. The molecule has 1 aliphatic heterocycles. The van der Waals surface area contributed by atoms with Gasteiger partial charge in [-0.15, -0.1) is 18.3 Å². The van der Waals surface area contributed by atoms with Crippen molar-refractivity contribution in [1.82, 2.24) is 9.78 Å². The van der Waals surface area contributed by atoms with Gasteiger partial charge in [0.05, 0.1) is 11.6 Å². The molecule has 0 bridgehead atoms. The van der Waals surface area contributed by atoms with E-state index in [1.807, 2.05) is 4.90 Å². The molecule has 1 fully saturated rings. The van der Waals surface area contributed by atoms with E-state index in [2.05, 4.69) is 15.2 Å². The first-order valence-electron chi connectivity index (χ1n) is 10.5. The largest absolute Gasteiger partial charge is 0.573 e. The Bertz CT molecular complexity index is 1230. The van der Waals surface area contributed by atoms with Crippen LogP contribution in [0.25, 0.3) is 5.69 Å². The first kappa shape index (κ1) is 23.3. The van der Waals surface area contributed by atoms with E-state index in [4.69, 9.17) is 0 Å². The quantitative estimate of drug-likeness (QED) is 0.561. The lowest BCUT2D eigenvalue weighted by Crippen LogP contribution is -2.41. The molecule has 1 atom stereocenters. The second kappa shape index (κ2) is 9.54. The first-order chi connectivity index (χ1) is 16.2. The molecular formula is C23H20F4N4O3. The lowest BCUT2D eigenvalue weighted by Gasteiger charge is -2.32. The molecule has 1 aliphatic rings. The fourth-order valence-corrected chi connectivity index (χ4v) is 3.75. The van der Waals surface area contributed by atoms with Crippen molar-refractivity contribution in [3.05, 3.63) is 76.8 Å². The van der Waals surface area contributed by atoms with Crippen molar-refractivity contribution in [2.45, 2.75) is 19.2 Å². The van der Waals surface area contributed by atoms with Crippen LogP contribution in [0.4, 0.5) is 29.1 Å². The molecule has 3 aromatic rings. The van der Waals surface area contributed by atoms with Gasteiger partial charge in [0.15, 0.2) is 0 Å². The number of benzene rings is 2. The summed E-state index contributed by atoms with van der Waals surface area (Å²) >= 11 is 0. The highest BCUT2D eigenvalue weighted by Crippen LogP contribution is 2.26. The van der Waals surface area contributed by atoms with Crippen molar-refractivity contribution in [1.29, 1.82) is 0 Å². The van der Waals surface area contributed by atoms with Gasteiger partial charge in [-0.25, -0.2) is 4.39 Å². The second-order valence-electron chi connectivity index (χ2n) is 7.77. The van der Waals surface area contributed by atoms with Crippen LogP contribution in [-0.4, -0.2) is 35.1 Å². The number of carbonyl (C=O) groups excluding carboxylic acids is 1. The van der Waals surface area contributed by atoms with Crippen LogP contribution in [-0.2, 0) is 4.79 Å². The average Bonchev–Trinajstić information content (AvgIpc) is 2.80. The van der Waals surface area contributed by atoms with Crippen LogP contribution in [0.1, 0.15) is 12.8 Å². The number of hydrogen-bond acceptors (Lipinski definition) is 5. The summed E-state index contributed by atoms with van der Waals surface area (Å²) in [6, 6.07) is 13.3. The van der Waals surface area contributed by atoms with Crippen molar-refractivity contribution in [3.63, 3.8) is 0 Å². The Hall–Kier alpha value is -3.89. The van der Waals surface area contributed by atoms with Crippen LogP contribution < -0.4 is 20.5 Å². The molecule has 7 nitrogen and oxygen atoms in total. The number of anilines is 2. The van der Waals surface area contributed by atoms with Gasteiger partial charge in [-0.3, -0.25) is 9.59 Å². The maximum Gasteiger partial charge on any atom is 0.573 e. The molecule has 0 aliphatic carbocycles. The number of hydrogen-bond donors (Lipinski definition) is 1. The smallest absolute Gasteiger partial charge is 0.406 e. The van der Waals surface area contributed by atoms with Gasteiger partial charge in [-0.1, -0.05) is 6.07 Å². The van der Waals surface area contributed by atoms with Gasteiger partial charge < -0.3 is 15.0 Å². The highest BCUT2D eigenvalue weighted by Gasteiger charge is 2.31. The fourth-order valence-electron chi connectivity index (χ4n) is 3.75. The lowest BCUT2D eigenvalue weighted by molar-refractivity contribution is -0.274. The Morgan fingerprint density at radius 1 is 1.09 bits per heavy atom. The maximum absolute atomic E-state index is 13.6. The molecule has 0 radical (unpaired) electrons. The van der Waals surface area contributed by atoms with E-state index < -0.39 is 23.7 Å². The van der Waals surface area contributed by atoms with Gasteiger partial charge >= 0.3 is 6.36 Å². The number of aromatic nitrogens is 2. The van der Waals surface area contributed by atoms with Crippen molar-refractivity contribution in [2.24, 2.45) is 5.92 Å². The number of carbonyl (C=O) groups is 1. The van der Waals surface area contributed by atoms with E-state index in [0.29, 0.717) is 37.4 Å². The molecule has 1 saturated heterocycles. The molecular weight excluding hydrogens is 456 g/mol. The first-order valence-corrected chi connectivity index (χ1v) is 10.5. The third-order valence-corrected chi connectivity index (χ3v) is 5.31. The lowest BCUT2D eigenvalue weighted by atomic mass is 9.97. The minimum absolute atomic E-state index is 0.285. The normalized spacial score (nSPS) is 16.2. The van der Waals surface area contributed by atoms with Crippen molar-refractivity contribution in [3.8, 4) is 11.4 Å². The molecule has 178 valence electrons. The van der Waals surface area contributed by atoms with Crippen LogP contribution >= 0.6 is 0 Å². The summed E-state index contributed by atoms with van der Waals surface area (Å²) in [5, 5.41) is 7.06. The van der Waals surface area contributed by atoms with Gasteiger partial charge in [0.1, 0.15) is 17.4 Å². The summed E-state index contributed by atoms with van der Waals surface area (Å²) < 4.78 is 55.4. The van der Waals surface area contributed by atoms with Gasteiger partial charge in [0, 0.05) is 24.8 Å². The number of amides is 1. The van der Waals surface area contributed by atoms with E-state index in [1.54, 1.807) is 12.1 Å². The van der Waals surface area contributed by atoms with Crippen LogP contribution in [0.15, 0.2) is 65.5 Å². The van der Waals surface area contributed by atoms with E-state index in [-0.39, 0.29) is 17.3 Å². The molecule has 0 saturated carbocycles. The van der Waals surface area contributed by atoms with E-state index in [9.17, 15) is 27.2 Å². The number of halogens is 4. The highest BCUT2D eigenvalue weighted by molar-refractivity contribution is 5.93. The summed E-state index contributed by atoms with van der Waals surface area (Å²) in [6.45, 7) is 0.942. The van der Waals surface area contributed by atoms with Crippen LogP contribution in [0.5, 0.6) is 5.75 Å². The molecule has 1 N–H and O–H groups in total. The summed E-state index contributed by atoms with van der Waals surface area (Å²) in [5.41, 5.74) is 0.212. The Morgan fingerprint density at radius 3 is 2.56 bits per heavy atom. The monoisotopic (exact) mass is 476 g/mol. The number of ether oxygens (including phenoxy) is 1. The number of alkyl halides is 3. The molecule has 34 heavy (non-hydrogen) atoms. The van der Waals surface area contributed by atoms with Crippen LogP contribution in [0.2, 0.25) is 0 Å². The van der Waals surface area contributed by atoms with Gasteiger partial charge in [-0.2, -0.15) is 4.68 Å². The minimum atomic E-state index is -4.79. The van der Waals surface area contributed by atoms with Crippen molar-refractivity contribution < 1.29 is 27.1 Å². The number of piperidine rings is 1. The molecule has 4 rings (SSSR count). The van der Waals surface area contributed by atoms with Crippen molar-refractivity contribution in [2.75, 3.05) is 23.3 Å². The minimum Gasteiger partial charge on any atom is -0.406 e. The number of nitrogens with zero attached hydrogens (tertiary/aromatic N) is 3. The topological polar surface area (TPSA) is 76.5 Å². The Morgan fingerprint density at radius 2 is 1.85 bits per heavy atom. The third-order valence-electron chi connectivity index (χ3n) is 5.31. The zero-order chi connectivity index (χ0) is 24.3. The molecule has 0 spiro atoms. The fraction of sp³-hybridized carbons (Fsp3) is 0.261. The molecule has 2 aromatic carbocycles. The van der Waals surface area contributed by atoms with Gasteiger partial charge in [0.25, 0.3) is 5.56 Å². The molecule has 1 aromatic heterocycles. The second-order valence-corrected chi connectivity index (χ2v) is 7.77. The predicted octanol–water partition coefficient (Wildman–Crippen LogP) is 4.13. The summed E-state index contributed by atoms with van der Waals surface area (Å²) in [6.07, 6.45) is -3.49. The van der Waals surface area contributed by atoms with Gasteiger partial charge in [-0.05, 0) is 61.4 Å². The third kappa shape index (κ3) is 5.72. The summed E-state index contributed by atoms with van der Waals surface area (Å²) in [7, 11) is 0. The Balaban J connectivity index is 1.45. The average molecular weight is 476 g/mol. The number of nitrogens with one attached hydrogen (secondary N) is 1. The maximum atomic E-state index is 13.6. The zero-order valence-electron chi connectivity index (χ0n) is 17.8. The number of rotatable bonds is 5. The predicted molar refractivity (Wildman–Crippen MR) is 116 cm³/mol. The van der Waals surface area contributed by atoms with Crippen LogP contribution in [0.3, 0.4) is 0 Å². The van der Waals surface area contributed by atoms with Gasteiger partial charge in [0.2, 0.25) is 5.91 Å². The van der Waals surface area contributed by atoms with E-state index in [0.717, 1.165) is 16.8 Å². The molecule has 2 heterocycles. The molecule has 1 amide bonds. The Labute approximate surface area is 191 Å². The SMILES string of the molecule is O=C(Nc1ccc(OC(F)(F)F)cc1)[C@@H]1CCCN(c2ccc(=O)n(-c3cccc(F)c3)n2)C1. The summed E-state index contributed by atoms with van der Waals surface area (Å²) in [4.78, 5) is 26.9. The zero-order valence-corrected chi connectivity index (χ0v) is 17.8. The van der Waals surface area contributed by atoms with Crippen molar-refractivity contribution >= 4 is 17.4 Å².